The van der Waals surface area contributed by atoms with Crippen LogP contribution in [-0.2, 0) is 6.61 Å². The molecule has 0 amide bonds. The number of benzene rings is 3. The van der Waals surface area contributed by atoms with Gasteiger partial charge in [-0.1, -0.05) is 28.1 Å². The number of hydrogen-bond donors (Lipinski definition) is 2. The molecule has 0 aliphatic rings. The van der Waals surface area contributed by atoms with E-state index in [4.69, 9.17) is 14.5 Å². The van der Waals surface area contributed by atoms with Crippen LogP contribution in [0.5, 0.6) is 23.0 Å². The van der Waals surface area contributed by atoms with Crippen LogP contribution in [0.3, 0.4) is 0 Å². The van der Waals surface area contributed by atoms with E-state index in [1.54, 1.807) is 11.3 Å². The monoisotopic (exact) mass is 457 g/mol. The molecule has 1 heterocycles. The Hall–Kier alpha value is -2.77. The highest BCUT2D eigenvalue weighted by Crippen LogP contribution is 2.39. The third-order valence-corrected chi connectivity index (χ3v) is 5.74. The predicted molar refractivity (Wildman–Crippen MR) is 113 cm³/mol. The van der Waals surface area contributed by atoms with Crippen LogP contribution in [0.1, 0.15) is 5.56 Å². The van der Waals surface area contributed by atoms with Crippen molar-refractivity contribution in [3.63, 3.8) is 0 Å². The molecule has 1 aromatic heterocycles. The molecule has 0 atom stereocenters. The summed E-state index contributed by atoms with van der Waals surface area (Å²) in [4.78, 5) is 4.71. The van der Waals surface area contributed by atoms with E-state index in [0.29, 0.717) is 11.3 Å². The number of aromatic nitrogens is 1. The molecule has 2 N–H and O–H groups in total. The summed E-state index contributed by atoms with van der Waals surface area (Å²) in [6.45, 7) is 0.171. The van der Waals surface area contributed by atoms with Crippen molar-refractivity contribution in [2.75, 3.05) is 7.11 Å². The molecule has 0 fully saturated rings. The fourth-order valence-electron chi connectivity index (χ4n) is 2.89. The van der Waals surface area contributed by atoms with E-state index in [2.05, 4.69) is 15.9 Å². The highest BCUT2D eigenvalue weighted by molar-refractivity contribution is 9.10. The van der Waals surface area contributed by atoms with Crippen molar-refractivity contribution >= 4 is 37.5 Å². The normalized spacial score (nSPS) is 10.9. The van der Waals surface area contributed by atoms with Gasteiger partial charge in [-0.2, -0.15) is 0 Å². The molecule has 142 valence electrons. The lowest BCUT2D eigenvalue weighted by atomic mass is 10.2. The Morgan fingerprint density at radius 3 is 2.50 bits per heavy atom. The van der Waals surface area contributed by atoms with E-state index in [0.717, 1.165) is 25.3 Å². The zero-order valence-corrected chi connectivity index (χ0v) is 17.3. The van der Waals surface area contributed by atoms with Gasteiger partial charge in [0.1, 0.15) is 17.4 Å². The first-order valence-corrected chi connectivity index (χ1v) is 10.0. The predicted octanol–water partition coefficient (Wildman–Crippen LogP) is 5.72. The van der Waals surface area contributed by atoms with Crippen LogP contribution >= 0.6 is 27.3 Å². The maximum atomic E-state index is 9.96. The number of methoxy groups -OCH3 is 1. The van der Waals surface area contributed by atoms with Crippen molar-refractivity contribution in [3.8, 4) is 33.6 Å². The smallest absolute Gasteiger partial charge is 0.202 e. The van der Waals surface area contributed by atoms with Crippen LogP contribution in [0.4, 0.5) is 0 Å². The molecule has 0 aliphatic carbocycles. The molecule has 5 nitrogen and oxygen atoms in total. The molecule has 0 spiro atoms. The lowest BCUT2D eigenvalue weighted by Gasteiger charge is -2.12. The van der Waals surface area contributed by atoms with Gasteiger partial charge in [0.05, 0.1) is 22.9 Å². The number of halogens is 1. The van der Waals surface area contributed by atoms with Gasteiger partial charge in [0.15, 0.2) is 11.5 Å². The molecule has 0 saturated carbocycles. The number of para-hydroxylation sites is 1. The number of aromatic hydroxyl groups is 2. The molecule has 0 unspecified atom stereocenters. The first-order chi connectivity index (χ1) is 13.5. The highest BCUT2D eigenvalue weighted by Gasteiger charge is 2.14. The third kappa shape index (κ3) is 3.63. The Balaban J connectivity index is 1.66. The fourth-order valence-corrected chi connectivity index (χ4v) is 4.24. The Labute approximate surface area is 174 Å². The van der Waals surface area contributed by atoms with E-state index < -0.39 is 0 Å². The minimum atomic E-state index is -0.136. The van der Waals surface area contributed by atoms with E-state index in [-0.39, 0.29) is 23.9 Å². The summed E-state index contributed by atoms with van der Waals surface area (Å²) < 4.78 is 13.0. The molecule has 0 radical (unpaired) electrons. The summed E-state index contributed by atoms with van der Waals surface area (Å²) in [6, 6.07) is 16.7. The van der Waals surface area contributed by atoms with Gasteiger partial charge >= 0.3 is 0 Å². The summed E-state index contributed by atoms with van der Waals surface area (Å²) in [7, 11) is 1.39. The first-order valence-electron chi connectivity index (χ1n) is 8.42. The molecule has 0 bridgehead atoms. The second-order valence-corrected chi connectivity index (χ2v) is 8.03. The SMILES string of the molecule is COc1c(O)cc(COc2ccc(Br)cc2-c2nc3ccccc3s2)cc1O. The van der Waals surface area contributed by atoms with Crippen LogP contribution in [0.15, 0.2) is 59.1 Å². The van der Waals surface area contributed by atoms with Gasteiger partial charge in [-0.15, -0.1) is 11.3 Å². The van der Waals surface area contributed by atoms with E-state index >= 15 is 0 Å². The van der Waals surface area contributed by atoms with E-state index in [9.17, 15) is 10.2 Å². The maximum absolute atomic E-state index is 9.96. The topological polar surface area (TPSA) is 71.8 Å². The van der Waals surface area contributed by atoms with Gasteiger partial charge in [0.2, 0.25) is 5.75 Å². The van der Waals surface area contributed by atoms with E-state index in [1.807, 2.05) is 42.5 Å². The average molecular weight is 458 g/mol. The van der Waals surface area contributed by atoms with Crippen LogP contribution < -0.4 is 9.47 Å². The van der Waals surface area contributed by atoms with Crippen molar-refractivity contribution in [2.45, 2.75) is 6.61 Å². The molecular weight excluding hydrogens is 442 g/mol. The molecule has 0 saturated heterocycles. The minimum Gasteiger partial charge on any atom is -0.504 e. The highest BCUT2D eigenvalue weighted by atomic mass is 79.9. The number of nitrogens with zero attached hydrogens (tertiary/aromatic N) is 1. The van der Waals surface area contributed by atoms with Crippen molar-refractivity contribution < 1.29 is 19.7 Å². The Morgan fingerprint density at radius 2 is 1.79 bits per heavy atom. The molecule has 28 heavy (non-hydrogen) atoms. The van der Waals surface area contributed by atoms with Crippen molar-refractivity contribution in [3.05, 3.63) is 64.6 Å². The minimum absolute atomic E-state index is 0.0440. The lowest BCUT2D eigenvalue weighted by Crippen LogP contribution is -1.98. The van der Waals surface area contributed by atoms with Crippen LogP contribution in [0.2, 0.25) is 0 Å². The quantitative estimate of drug-likeness (QED) is 0.400. The number of fused-ring (bicyclic) bond motifs is 1. The Morgan fingerprint density at radius 1 is 1.04 bits per heavy atom. The number of phenolic OH excluding ortho intramolecular Hbond substituents is 2. The van der Waals surface area contributed by atoms with Gasteiger partial charge < -0.3 is 19.7 Å². The Kier molecular flexibility index (Phi) is 5.11. The van der Waals surface area contributed by atoms with Crippen LogP contribution in [0, 0.1) is 0 Å². The summed E-state index contributed by atoms with van der Waals surface area (Å²) >= 11 is 5.11. The second-order valence-electron chi connectivity index (χ2n) is 6.08. The largest absolute Gasteiger partial charge is 0.504 e. The number of hydrogen-bond acceptors (Lipinski definition) is 6. The number of phenols is 2. The molecule has 7 heteroatoms. The molecular formula is C21H16BrNO4S. The van der Waals surface area contributed by atoms with Gasteiger partial charge in [0.25, 0.3) is 0 Å². The van der Waals surface area contributed by atoms with Crippen LogP contribution in [0.25, 0.3) is 20.8 Å². The molecule has 3 aromatic carbocycles. The van der Waals surface area contributed by atoms with Crippen molar-refractivity contribution in [1.82, 2.24) is 4.98 Å². The molecule has 4 aromatic rings. The summed E-state index contributed by atoms with van der Waals surface area (Å²) in [5.41, 5.74) is 2.44. The van der Waals surface area contributed by atoms with Crippen LogP contribution in [-0.4, -0.2) is 22.3 Å². The zero-order chi connectivity index (χ0) is 19.7. The first kappa shape index (κ1) is 18.6. The summed E-state index contributed by atoms with van der Waals surface area (Å²) in [6.07, 6.45) is 0. The van der Waals surface area contributed by atoms with Crippen molar-refractivity contribution in [1.29, 1.82) is 0 Å². The van der Waals surface area contributed by atoms with Gasteiger partial charge in [0, 0.05) is 4.47 Å². The van der Waals surface area contributed by atoms with Crippen molar-refractivity contribution in [2.24, 2.45) is 0 Å². The summed E-state index contributed by atoms with van der Waals surface area (Å²) in [5, 5.41) is 20.8. The number of ether oxygens (including phenoxy) is 2. The molecule has 0 aliphatic heterocycles. The third-order valence-electron chi connectivity index (χ3n) is 4.17. The lowest BCUT2D eigenvalue weighted by molar-refractivity contribution is 0.303. The standard InChI is InChI=1S/C21H16BrNO4S/c1-26-20-16(24)8-12(9-17(20)25)11-27-18-7-6-13(22)10-14(18)21-23-15-4-2-3-5-19(15)28-21/h2-10,24-25H,11H2,1H3. The second kappa shape index (κ2) is 7.69. The summed E-state index contributed by atoms with van der Waals surface area (Å²) in [5.74, 6) is 0.436. The Bertz CT molecular complexity index is 1100. The fraction of sp³-hybridized carbons (Fsp3) is 0.0952. The van der Waals surface area contributed by atoms with Gasteiger partial charge in [-0.3, -0.25) is 0 Å². The maximum Gasteiger partial charge on any atom is 0.202 e. The average Bonchev–Trinajstić information content (AvgIpc) is 3.11. The van der Waals surface area contributed by atoms with Gasteiger partial charge in [-0.25, -0.2) is 4.98 Å². The molecule has 4 rings (SSSR count). The van der Waals surface area contributed by atoms with E-state index in [1.165, 1.54) is 19.2 Å². The zero-order valence-electron chi connectivity index (χ0n) is 14.8. The number of thiazole rings is 1. The number of rotatable bonds is 5. The van der Waals surface area contributed by atoms with Gasteiger partial charge in [-0.05, 0) is 48.0 Å².